The molecule has 6 nitrogen and oxygen atoms in total. The molecule has 0 saturated heterocycles. The van der Waals surface area contributed by atoms with Crippen LogP contribution in [0.5, 0.6) is 0 Å². The lowest BCUT2D eigenvalue weighted by Gasteiger charge is -2.05. The van der Waals surface area contributed by atoms with E-state index in [0.29, 0.717) is 32.0 Å². The predicted octanol–water partition coefficient (Wildman–Crippen LogP) is 2.93. The number of thioether (sulfide) groups is 1. The van der Waals surface area contributed by atoms with E-state index in [1.807, 2.05) is 6.07 Å². The molecule has 0 fully saturated rings. The number of hydrogen-bond acceptors (Lipinski definition) is 6. The highest BCUT2D eigenvalue weighted by atomic mass is 35.5. The van der Waals surface area contributed by atoms with Crippen molar-refractivity contribution in [2.45, 2.75) is 10.8 Å². The molecule has 0 atom stereocenters. The molecule has 0 bridgehead atoms. The van der Waals surface area contributed by atoms with Crippen LogP contribution >= 0.6 is 35.0 Å². The second-order valence-electron chi connectivity index (χ2n) is 3.91. The van der Waals surface area contributed by atoms with E-state index in [-0.39, 0.29) is 5.95 Å². The van der Waals surface area contributed by atoms with Gasteiger partial charge in [0.2, 0.25) is 11.6 Å². The number of nitrogen functional groups attached to an aromatic ring is 1. The lowest BCUT2D eigenvalue weighted by Crippen LogP contribution is -1.97. The summed E-state index contributed by atoms with van der Waals surface area (Å²) in [5.41, 5.74) is 7.63. The summed E-state index contributed by atoms with van der Waals surface area (Å²) in [5.74, 6) is 0.783. The Kier molecular flexibility index (Phi) is 3.64. The average Bonchev–Trinajstić information content (AvgIpc) is 2.85. The second kappa shape index (κ2) is 5.43. The highest BCUT2D eigenvalue weighted by molar-refractivity contribution is 7.98. The standard InChI is InChI=1S/C11H8Cl2N6S/c12-6-2-1-5(7(13)3-6)4-20-10-8-9(18-19-17-8)15-11(14)16-10/h1-3H,4H2,(H3,14,15,16,17,18,19). The molecule has 3 aromatic rings. The van der Waals surface area contributed by atoms with Crippen molar-refractivity contribution in [3.8, 4) is 0 Å². The number of aromatic amines is 1. The topological polar surface area (TPSA) is 93.4 Å². The highest BCUT2D eigenvalue weighted by Crippen LogP contribution is 2.30. The lowest BCUT2D eigenvalue weighted by atomic mass is 10.2. The van der Waals surface area contributed by atoms with Crippen molar-refractivity contribution in [1.82, 2.24) is 25.4 Å². The zero-order chi connectivity index (χ0) is 14.1. The molecule has 1 aromatic carbocycles. The normalized spacial score (nSPS) is 11.1. The third-order valence-corrected chi connectivity index (χ3v) is 4.15. The lowest BCUT2D eigenvalue weighted by molar-refractivity contribution is 0.952. The van der Waals surface area contributed by atoms with Crippen LogP contribution in [0.15, 0.2) is 23.2 Å². The number of aromatic nitrogens is 5. The van der Waals surface area contributed by atoms with Crippen molar-refractivity contribution in [3.05, 3.63) is 33.8 Å². The summed E-state index contributed by atoms with van der Waals surface area (Å²) < 4.78 is 0. The van der Waals surface area contributed by atoms with Crippen molar-refractivity contribution in [2.24, 2.45) is 0 Å². The first kappa shape index (κ1) is 13.4. The second-order valence-corrected chi connectivity index (χ2v) is 5.71. The van der Waals surface area contributed by atoms with Crippen LogP contribution in [0.25, 0.3) is 11.2 Å². The van der Waals surface area contributed by atoms with Crippen LogP contribution < -0.4 is 5.73 Å². The van der Waals surface area contributed by atoms with Gasteiger partial charge in [-0.1, -0.05) is 41.0 Å². The van der Waals surface area contributed by atoms with Gasteiger partial charge in [0, 0.05) is 15.8 Å². The summed E-state index contributed by atoms with van der Waals surface area (Å²) in [5, 5.41) is 12.3. The predicted molar refractivity (Wildman–Crippen MR) is 79.9 cm³/mol. The molecule has 2 heterocycles. The largest absolute Gasteiger partial charge is 0.368 e. The molecule has 3 N–H and O–H groups in total. The molecular weight excluding hydrogens is 319 g/mol. The maximum absolute atomic E-state index is 6.13. The number of H-pyrrole nitrogens is 1. The van der Waals surface area contributed by atoms with Gasteiger partial charge in [0.05, 0.1) is 0 Å². The van der Waals surface area contributed by atoms with Crippen molar-refractivity contribution in [2.75, 3.05) is 5.73 Å². The number of nitrogens with one attached hydrogen (secondary N) is 1. The first-order chi connectivity index (χ1) is 9.63. The fourth-order valence-corrected chi connectivity index (χ4v) is 3.15. The molecule has 0 amide bonds. The smallest absolute Gasteiger partial charge is 0.223 e. The maximum Gasteiger partial charge on any atom is 0.223 e. The molecule has 0 saturated carbocycles. The SMILES string of the molecule is Nc1nc(SCc2ccc(Cl)cc2Cl)c2n[nH]nc2n1. The molecule has 2 aromatic heterocycles. The van der Waals surface area contributed by atoms with Crippen molar-refractivity contribution in [1.29, 1.82) is 0 Å². The Labute approximate surface area is 128 Å². The molecule has 0 radical (unpaired) electrons. The molecule has 0 aliphatic rings. The average molecular weight is 327 g/mol. The molecule has 0 spiro atoms. The van der Waals surface area contributed by atoms with E-state index in [1.54, 1.807) is 12.1 Å². The van der Waals surface area contributed by atoms with E-state index in [0.717, 1.165) is 5.56 Å². The Balaban J connectivity index is 1.88. The number of nitrogens with zero attached hydrogens (tertiary/aromatic N) is 4. The van der Waals surface area contributed by atoms with Crippen LogP contribution in [0, 0.1) is 0 Å². The number of anilines is 1. The van der Waals surface area contributed by atoms with Crippen LogP contribution in [0.4, 0.5) is 5.95 Å². The van der Waals surface area contributed by atoms with E-state index < -0.39 is 0 Å². The Morgan fingerprint density at radius 1 is 1.20 bits per heavy atom. The maximum atomic E-state index is 6.13. The fraction of sp³-hybridized carbons (Fsp3) is 0.0909. The van der Waals surface area contributed by atoms with Gasteiger partial charge < -0.3 is 5.73 Å². The van der Waals surface area contributed by atoms with Crippen LogP contribution in [0.2, 0.25) is 10.0 Å². The Hall–Kier alpha value is -1.57. The van der Waals surface area contributed by atoms with Crippen LogP contribution in [0.3, 0.4) is 0 Å². The van der Waals surface area contributed by atoms with E-state index in [9.17, 15) is 0 Å². The molecule has 20 heavy (non-hydrogen) atoms. The summed E-state index contributed by atoms with van der Waals surface area (Å²) in [6, 6.07) is 5.38. The zero-order valence-electron chi connectivity index (χ0n) is 9.97. The third-order valence-electron chi connectivity index (χ3n) is 2.55. The van der Waals surface area contributed by atoms with Gasteiger partial charge in [0.25, 0.3) is 0 Å². The van der Waals surface area contributed by atoms with Gasteiger partial charge in [0.1, 0.15) is 5.03 Å². The summed E-state index contributed by atoms with van der Waals surface area (Å²) in [6.07, 6.45) is 0. The van der Waals surface area contributed by atoms with Gasteiger partial charge in [-0.15, -0.1) is 5.10 Å². The molecule has 102 valence electrons. The Bertz CT molecular complexity index is 775. The Morgan fingerprint density at radius 3 is 2.85 bits per heavy atom. The first-order valence-electron chi connectivity index (χ1n) is 5.54. The number of halogens is 2. The number of benzene rings is 1. The summed E-state index contributed by atoms with van der Waals surface area (Å²) >= 11 is 13.5. The first-order valence-corrected chi connectivity index (χ1v) is 7.28. The number of nitrogens with two attached hydrogens (primary N) is 1. The van der Waals surface area contributed by atoms with Crippen LogP contribution in [-0.2, 0) is 5.75 Å². The molecular formula is C11H8Cl2N6S. The number of rotatable bonds is 3. The molecule has 3 rings (SSSR count). The molecule has 9 heteroatoms. The third kappa shape index (κ3) is 2.65. The van der Waals surface area contributed by atoms with Gasteiger partial charge >= 0.3 is 0 Å². The van der Waals surface area contributed by atoms with Gasteiger partial charge in [-0.05, 0) is 17.7 Å². The van der Waals surface area contributed by atoms with E-state index in [1.165, 1.54) is 11.8 Å². The molecule has 0 aliphatic carbocycles. The fourth-order valence-electron chi connectivity index (χ4n) is 1.62. The summed E-state index contributed by atoms with van der Waals surface area (Å²) in [6.45, 7) is 0. The van der Waals surface area contributed by atoms with Crippen molar-refractivity contribution >= 4 is 52.1 Å². The highest BCUT2D eigenvalue weighted by Gasteiger charge is 2.11. The van der Waals surface area contributed by atoms with E-state index in [4.69, 9.17) is 28.9 Å². The van der Waals surface area contributed by atoms with Crippen LogP contribution in [0.1, 0.15) is 5.56 Å². The minimum absolute atomic E-state index is 0.163. The van der Waals surface area contributed by atoms with Crippen LogP contribution in [-0.4, -0.2) is 25.4 Å². The number of hydrogen-bond donors (Lipinski definition) is 2. The minimum atomic E-state index is 0.163. The van der Waals surface area contributed by atoms with Crippen molar-refractivity contribution in [3.63, 3.8) is 0 Å². The van der Waals surface area contributed by atoms with Gasteiger partial charge in [-0.2, -0.15) is 15.3 Å². The van der Waals surface area contributed by atoms with Gasteiger partial charge in [0.15, 0.2) is 5.52 Å². The van der Waals surface area contributed by atoms with Crippen molar-refractivity contribution < 1.29 is 0 Å². The van der Waals surface area contributed by atoms with E-state index >= 15 is 0 Å². The Morgan fingerprint density at radius 2 is 2.05 bits per heavy atom. The van der Waals surface area contributed by atoms with Gasteiger partial charge in [-0.25, -0.2) is 4.98 Å². The molecule has 0 unspecified atom stereocenters. The van der Waals surface area contributed by atoms with E-state index in [2.05, 4.69) is 25.4 Å². The quantitative estimate of drug-likeness (QED) is 0.567. The monoisotopic (exact) mass is 326 g/mol. The minimum Gasteiger partial charge on any atom is -0.368 e. The summed E-state index contributed by atoms with van der Waals surface area (Å²) in [4.78, 5) is 8.16. The summed E-state index contributed by atoms with van der Waals surface area (Å²) in [7, 11) is 0. The van der Waals surface area contributed by atoms with Gasteiger partial charge in [-0.3, -0.25) is 0 Å². The number of fused-ring (bicyclic) bond motifs is 1. The molecule has 0 aliphatic heterocycles. The zero-order valence-corrected chi connectivity index (χ0v) is 12.3.